The van der Waals surface area contributed by atoms with Gasteiger partial charge in [-0.05, 0) is 0 Å². The second-order valence-corrected chi connectivity index (χ2v) is 4.59. The molecule has 2 rings (SSSR count). The number of carbonyl (C=O) groups excluding carboxylic acids is 2. The first-order chi connectivity index (χ1) is 8.58. The molecule has 8 heteroatoms. The number of hydrogen-bond donors (Lipinski definition) is 2. The summed E-state index contributed by atoms with van der Waals surface area (Å²) >= 11 is 0.999. The lowest BCUT2D eigenvalue weighted by atomic mass is 10.3. The zero-order valence-electron chi connectivity index (χ0n) is 9.38. The van der Waals surface area contributed by atoms with E-state index >= 15 is 0 Å². The van der Waals surface area contributed by atoms with Gasteiger partial charge in [0.05, 0.1) is 0 Å². The van der Waals surface area contributed by atoms with Gasteiger partial charge in [-0.15, -0.1) is 11.3 Å². The Kier molecular flexibility index (Phi) is 3.56. The topological polar surface area (TPSA) is 99.6 Å². The fourth-order valence-corrected chi connectivity index (χ4v) is 2.33. The Morgan fingerprint density at radius 1 is 1.44 bits per heavy atom. The minimum Gasteiger partial charge on any atom is -0.476 e. The lowest BCUT2D eigenvalue weighted by Gasteiger charge is -2.17. The van der Waals surface area contributed by atoms with Gasteiger partial charge in [-0.2, -0.15) is 0 Å². The highest BCUT2D eigenvalue weighted by Crippen LogP contribution is 2.13. The van der Waals surface area contributed by atoms with Crippen molar-refractivity contribution in [2.24, 2.45) is 0 Å². The van der Waals surface area contributed by atoms with Gasteiger partial charge in [0, 0.05) is 31.4 Å². The summed E-state index contributed by atoms with van der Waals surface area (Å²) in [4.78, 5) is 39.1. The van der Waals surface area contributed by atoms with E-state index < -0.39 is 5.97 Å². The second-order valence-electron chi connectivity index (χ2n) is 3.74. The molecule has 96 valence electrons. The van der Waals surface area contributed by atoms with E-state index in [-0.39, 0.29) is 28.9 Å². The van der Waals surface area contributed by atoms with E-state index in [9.17, 15) is 14.4 Å². The molecule has 1 saturated heterocycles. The summed E-state index contributed by atoms with van der Waals surface area (Å²) in [6.07, 6.45) is 0.253. The maximum atomic E-state index is 12.0. The van der Waals surface area contributed by atoms with Crippen molar-refractivity contribution in [3.8, 4) is 0 Å². The van der Waals surface area contributed by atoms with E-state index in [2.05, 4.69) is 10.3 Å². The summed E-state index contributed by atoms with van der Waals surface area (Å²) in [5.74, 6) is -1.57. The number of hydrogen-bond acceptors (Lipinski definition) is 5. The Morgan fingerprint density at radius 3 is 2.89 bits per heavy atom. The van der Waals surface area contributed by atoms with Gasteiger partial charge < -0.3 is 15.3 Å². The van der Waals surface area contributed by atoms with Crippen LogP contribution in [0.15, 0.2) is 5.38 Å². The third-order valence-corrected chi connectivity index (χ3v) is 3.34. The van der Waals surface area contributed by atoms with Gasteiger partial charge in [0.15, 0.2) is 10.7 Å². The zero-order chi connectivity index (χ0) is 13.1. The van der Waals surface area contributed by atoms with Crippen LogP contribution in [0, 0.1) is 0 Å². The summed E-state index contributed by atoms with van der Waals surface area (Å²) in [5.41, 5.74) is -0.132. The van der Waals surface area contributed by atoms with Crippen LogP contribution in [0.4, 0.5) is 0 Å². The highest BCUT2D eigenvalue weighted by atomic mass is 32.1. The van der Waals surface area contributed by atoms with Crippen LogP contribution < -0.4 is 5.32 Å². The molecular weight excluding hydrogens is 258 g/mol. The van der Waals surface area contributed by atoms with E-state index in [1.807, 2.05) is 0 Å². The van der Waals surface area contributed by atoms with E-state index in [4.69, 9.17) is 5.11 Å². The lowest BCUT2D eigenvalue weighted by Crippen LogP contribution is -2.34. The van der Waals surface area contributed by atoms with Crippen LogP contribution in [0.5, 0.6) is 0 Å². The van der Waals surface area contributed by atoms with Crippen molar-refractivity contribution in [3.63, 3.8) is 0 Å². The van der Waals surface area contributed by atoms with E-state index in [1.54, 1.807) is 0 Å². The van der Waals surface area contributed by atoms with Crippen molar-refractivity contribution in [1.29, 1.82) is 0 Å². The van der Waals surface area contributed by atoms with Gasteiger partial charge in [-0.25, -0.2) is 9.78 Å². The average molecular weight is 269 g/mol. The van der Waals surface area contributed by atoms with Gasteiger partial charge in [-0.3, -0.25) is 9.59 Å². The molecule has 1 aromatic rings. The predicted octanol–water partition coefficient (Wildman–Crippen LogP) is -0.197. The molecule has 0 spiro atoms. The Morgan fingerprint density at radius 2 is 2.22 bits per heavy atom. The van der Waals surface area contributed by atoms with E-state index in [0.29, 0.717) is 19.6 Å². The molecule has 0 aromatic carbocycles. The molecule has 2 N–H and O–H groups in total. The minimum atomic E-state index is -1.15. The molecule has 1 aliphatic rings. The average Bonchev–Trinajstić information content (AvgIpc) is 2.73. The molecule has 2 amide bonds. The van der Waals surface area contributed by atoms with Crippen LogP contribution in [0.3, 0.4) is 0 Å². The molecule has 1 aromatic heterocycles. The van der Waals surface area contributed by atoms with Crippen molar-refractivity contribution < 1.29 is 19.5 Å². The number of thiazole rings is 1. The molecule has 2 heterocycles. The number of aromatic carboxylic acids is 1. The number of carboxylic acid groups (broad SMARTS) is 1. The molecule has 7 nitrogen and oxygen atoms in total. The van der Waals surface area contributed by atoms with Crippen LogP contribution in [0.1, 0.15) is 26.7 Å². The summed E-state index contributed by atoms with van der Waals surface area (Å²) in [6, 6.07) is 0. The van der Waals surface area contributed by atoms with Gasteiger partial charge in [0.2, 0.25) is 5.91 Å². The predicted molar refractivity (Wildman–Crippen MR) is 62.6 cm³/mol. The summed E-state index contributed by atoms with van der Waals surface area (Å²) in [6.45, 7) is 1.14. The molecular formula is C10H11N3O4S. The third-order valence-electron chi connectivity index (χ3n) is 2.51. The standard InChI is InChI=1S/C10H11N3O4S/c14-7-1-3-13(4-2-11-7)9(15)8-12-6(5-18-8)10(16)17/h5H,1-4H2,(H,11,14)(H,16,17). The summed E-state index contributed by atoms with van der Waals surface area (Å²) in [5, 5.41) is 12.9. The highest BCUT2D eigenvalue weighted by molar-refractivity contribution is 7.11. The van der Waals surface area contributed by atoms with Crippen molar-refractivity contribution in [2.75, 3.05) is 19.6 Å². The monoisotopic (exact) mass is 269 g/mol. The van der Waals surface area contributed by atoms with Crippen molar-refractivity contribution in [1.82, 2.24) is 15.2 Å². The Balaban J connectivity index is 2.09. The molecule has 0 unspecified atom stereocenters. The molecule has 0 radical (unpaired) electrons. The van der Waals surface area contributed by atoms with Crippen molar-refractivity contribution >= 4 is 29.1 Å². The minimum absolute atomic E-state index is 0.0873. The number of carboxylic acids is 1. The number of rotatable bonds is 2. The zero-order valence-corrected chi connectivity index (χ0v) is 10.2. The fourth-order valence-electron chi connectivity index (χ4n) is 1.58. The number of nitrogens with zero attached hydrogens (tertiary/aromatic N) is 2. The SMILES string of the molecule is O=C1CCN(C(=O)c2nc(C(=O)O)cs2)CCN1. The molecule has 1 fully saturated rings. The van der Waals surface area contributed by atoms with Crippen molar-refractivity contribution in [2.45, 2.75) is 6.42 Å². The van der Waals surface area contributed by atoms with Gasteiger partial charge in [0.1, 0.15) is 0 Å². The Bertz CT molecular complexity index is 499. The number of carbonyl (C=O) groups is 3. The first kappa shape index (κ1) is 12.5. The van der Waals surface area contributed by atoms with E-state index in [0.717, 1.165) is 11.3 Å². The molecule has 0 bridgehead atoms. The summed E-state index contributed by atoms with van der Waals surface area (Å²) in [7, 11) is 0. The quantitative estimate of drug-likeness (QED) is 0.774. The van der Waals surface area contributed by atoms with Gasteiger partial charge in [-0.1, -0.05) is 0 Å². The third kappa shape index (κ3) is 2.65. The first-order valence-electron chi connectivity index (χ1n) is 5.32. The van der Waals surface area contributed by atoms with Crippen LogP contribution in [0.25, 0.3) is 0 Å². The number of aromatic nitrogens is 1. The largest absolute Gasteiger partial charge is 0.476 e. The Hall–Kier alpha value is -1.96. The molecule has 1 aliphatic heterocycles. The molecule has 0 saturated carbocycles. The Labute approximate surface area is 106 Å². The van der Waals surface area contributed by atoms with Crippen LogP contribution in [-0.4, -0.2) is 52.4 Å². The van der Waals surface area contributed by atoms with Crippen LogP contribution in [0.2, 0.25) is 0 Å². The van der Waals surface area contributed by atoms with Gasteiger partial charge in [0.25, 0.3) is 5.91 Å². The fraction of sp³-hybridized carbons (Fsp3) is 0.400. The maximum Gasteiger partial charge on any atom is 0.355 e. The van der Waals surface area contributed by atoms with E-state index in [1.165, 1.54) is 10.3 Å². The molecule has 0 aliphatic carbocycles. The lowest BCUT2D eigenvalue weighted by molar-refractivity contribution is -0.120. The summed E-state index contributed by atoms with van der Waals surface area (Å²) < 4.78 is 0. The normalized spacial score (nSPS) is 16.0. The smallest absolute Gasteiger partial charge is 0.355 e. The molecule has 18 heavy (non-hydrogen) atoms. The van der Waals surface area contributed by atoms with Crippen LogP contribution >= 0.6 is 11.3 Å². The maximum absolute atomic E-state index is 12.0. The van der Waals surface area contributed by atoms with Crippen molar-refractivity contribution in [3.05, 3.63) is 16.1 Å². The molecule has 0 atom stereocenters. The number of nitrogens with one attached hydrogen (secondary N) is 1. The number of amides is 2. The highest BCUT2D eigenvalue weighted by Gasteiger charge is 2.23. The van der Waals surface area contributed by atoms with Crippen LogP contribution in [-0.2, 0) is 4.79 Å². The van der Waals surface area contributed by atoms with Gasteiger partial charge >= 0.3 is 5.97 Å². The first-order valence-corrected chi connectivity index (χ1v) is 6.20. The second kappa shape index (κ2) is 5.13.